The summed E-state index contributed by atoms with van der Waals surface area (Å²) in [5.74, 6) is -3.97. The molecule has 0 aromatic carbocycles. The molecule has 442 valence electrons. The van der Waals surface area contributed by atoms with Gasteiger partial charge >= 0.3 is 5.97 Å². The zero-order valence-electron chi connectivity index (χ0n) is 48.6. The molecule has 1 spiro atoms. The lowest BCUT2D eigenvalue weighted by Crippen LogP contribution is -2.62. The Morgan fingerprint density at radius 2 is 1.38 bits per heavy atom. The molecule has 6 N–H and O–H groups in total. The van der Waals surface area contributed by atoms with Gasteiger partial charge in [-0.1, -0.05) is 76.6 Å². The number of Topliss-reactive ketones (excluding diaryl/α,β-unsaturated/α-hetero) is 1. The largest absolute Gasteiger partial charge is 0.511 e. The lowest BCUT2D eigenvalue weighted by Gasteiger charge is -2.56. The van der Waals surface area contributed by atoms with Crippen molar-refractivity contribution < 1.29 is 82.5 Å². The minimum Gasteiger partial charge on any atom is -0.511 e. The molecule has 2 bridgehead atoms. The third kappa shape index (κ3) is 11.5. The molecule has 1 saturated carbocycles. The van der Waals surface area contributed by atoms with Crippen LogP contribution in [-0.4, -0.2) is 153 Å². The summed E-state index contributed by atoms with van der Waals surface area (Å²) in [4.78, 5) is 42.4. The highest BCUT2D eigenvalue weighted by atomic mass is 16.7. The van der Waals surface area contributed by atoms with Gasteiger partial charge in [-0.25, -0.2) is 4.79 Å². The maximum absolute atomic E-state index is 15.5. The molecule has 5 heterocycles. The Kier molecular flexibility index (Phi) is 17.8. The Morgan fingerprint density at radius 3 is 2.04 bits per heavy atom. The molecule has 27 unspecified atom stereocenters. The van der Waals surface area contributed by atoms with Gasteiger partial charge in [0.05, 0.1) is 66.6 Å². The number of allylic oxidation sites excluding steroid dienone is 4. The molecule has 0 aromatic rings. The first kappa shape index (κ1) is 60.2. The van der Waals surface area contributed by atoms with Crippen molar-refractivity contribution in [2.45, 2.75) is 251 Å². The predicted molar refractivity (Wildman–Crippen MR) is 288 cm³/mol. The van der Waals surface area contributed by atoms with Gasteiger partial charge in [0.2, 0.25) is 11.7 Å². The molecule has 9 rings (SSSR count). The lowest BCUT2D eigenvalue weighted by molar-refractivity contribution is -0.328. The van der Waals surface area contributed by atoms with Crippen molar-refractivity contribution in [1.29, 1.82) is 0 Å². The minimum atomic E-state index is -1.62. The van der Waals surface area contributed by atoms with Gasteiger partial charge in [0, 0.05) is 68.1 Å². The van der Waals surface area contributed by atoms with Crippen LogP contribution < -0.4 is 5.32 Å². The molecule has 1 amide bonds. The molecule has 9 aliphatic rings. The van der Waals surface area contributed by atoms with E-state index in [1.54, 1.807) is 27.7 Å². The van der Waals surface area contributed by atoms with Crippen LogP contribution in [0, 0.1) is 52.8 Å². The van der Waals surface area contributed by atoms with E-state index in [0.29, 0.717) is 19.3 Å². The molecule has 18 nitrogen and oxygen atoms in total. The van der Waals surface area contributed by atoms with E-state index in [1.807, 2.05) is 46.8 Å². The normalized spacial score (nSPS) is 50.7. The number of nitrogens with one attached hydrogen (secondary N) is 1. The molecule has 0 radical (unpaired) electrons. The summed E-state index contributed by atoms with van der Waals surface area (Å²) < 4.78 is 58.1. The van der Waals surface area contributed by atoms with Gasteiger partial charge in [-0.05, 0) is 97.0 Å². The molecule has 4 aliphatic carbocycles. The van der Waals surface area contributed by atoms with Crippen LogP contribution in [0.15, 0.2) is 58.9 Å². The molecule has 5 saturated heterocycles. The number of rotatable bonds is 10. The van der Waals surface area contributed by atoms with Gasteiger partial charge in [-0.3, -0.25) is 9.59 Å². The van der Waals surface area contributed by atoms with Crippen LogP contribution in [0.4, 0.5) is 0 Å². The Morgan fingerprint density at radius 1 is 0.722 bits per heavy atom. The molecular weight excluding hydrogens is 1020 g/mol. The standard InChI is InChI=1S/C61H91NO17/c1-14-38-15-16-39-23-32(6)52(78-48-27-59(12,70)55(36(10)74-48)62-37(11)63)30(4)21-28(2)41-18-17-40-50(60(41,13)56(67)49-57(68)61(39,26-38)79-58(49)69)29(3)22-31(5)53(40)76-45-20-19-44(33(7)71-45)75-46-25-43(65)54(35(9)73-46)77-47-24-42(64)51(66)34(8)72-47/h15-18,21,23,29-31,33-36,38-48,50-55,64-67,70H,14,19-20,22,24-27H2,1-13H3,(H,62,63)/b28-21+,32-23+,56-49?. The third-order valence-corrected chi connectivity index (χ3v) is 19.6. The number of amides is 1. The van der Waals surface area contributed by atoms with E-state index in [4.69, 9.17) is 42.6 Å². The fourth-order valence-corrected chi connectivity index (χ4v) is 15.6. The zero-order valence-corrected chi connectivity index (χ0v) is 48.6. The fourth-order valence-electron chi connectivity index (χ4n) is 15.6. The number of aliphatic hydroxyl groups excluding tert-OH is 4. The van der Waals surface area contributed by atoms with Crippen molar-refractivity contribution in [3.63, 3.8) is 0 Å². The van der Waals surface area contributed by atoms with Gasteiger partial charge in [-0.15, -0.1) is 0 Å². The average Bonchev–Trinajstić information content (AvgIpc) is 3.63. The summed E-state index contributed by atoms with van der Waals surface area (Å²) in [5.41, 5.74) is -2.79. The molecule has 6 fully saturated rings. The second-order valence-electron chi connectivity index (χ2n) is 25.7. The van der Waals surface area contributed by atoms with E-state index in [0.717, 1.165) is 17.6 Å². The third-order valence-electron chi connectivity index (χ3n) is 19.6. The maximum atomic E-state index is 15.5. The first-order valence-corrected chi connectivity index (χ1v) is 29.4. The van der Waals surface area contributed by atoms with E-state index in [-0.39, 0.29) is 90.6 Å². The van der Waals surface area contributed by atoms with E-state index < -0.39 is 126 Å². The SMILES string of the molecule is CCC1C=CC2/C=C(\C)C(OC3CC(C)(O)C(NC(C)=O)C(C)O3)C(C)/C=C(\C)C3C=CC4C(OC5CCC(OC6CC(O)C(OC7CC(O)C(O)C(C)O7)C(C)O6)C(C)O5)C(C)CC(C)C4C3(C)C(O)=C3C(=O)OC2(C1)C3=O. The summed E-state index contributed by atoms with van der Waals surface area (Å²) in [7, 11) is 0. The first-order chi connectivity index (χ1) is 37.2. The van der Waals surface area contributed by atoms with Crippen molar-refractivity contribution in [1.82, 2.24) is 5.32 Å². The van der Waals surface area contributed by atoms with Crippen LogP contribution >= 0.6 is 0 Å². The second kappa shape index (κ2) is 23.4. The van der Waals surface area contributed by atoms with Crippen molar-refractivity contribution in [2.24, 2.45) is 52.8 Å². The van der Waals surface area contributed by atoms with Gasteiger partial charge in [-0.2, -0.15) is 0 Å². The second-order valence-corrected chi connectivity index (χ2v) is 25.7. The van der Waals surface area contributed by atoms with E-state index in [1.165, 1.54) is 6.92 Å². The molecule has 18 heteroatoms. The van der Waals surface area contributed by atoms with Crippen LogP contribution in [0.3, 0.4) is 0 Å². The van der Waals surface area contributed by atoms with Gasteiger partial charge in [0.15, 0.2) is 30.8 Å². The van der Waals surface area contributed by atoms with Crippen LogP contribution in [0.5, 0.6) is 0 Å². The lowest BCUT2D eigenvalue weighted by atomic mass is 9.49. The van der Waals surface area contributed by atoms with Crippen LogP contribution in [-0.2, 0) is 57.0 Å². The number of esters is 1. The number of ketones is 1. The highest BCUT2D eigenvalue weighted by Crippen LogP contribution is 2.61. The van der Waals surface area contributed by atoms with Crippen molar-refractivity contribution in [3.05, 3.63) is 58.9 Å². The Hall–Kier alpha value is -3.37. The maximum Gasteiger partial charge on any atom is 0.346 e. The highest BCUT2D eigenvalue weighted by Gasteiger charge is 2.63. The number of hydrogen-bond acceptors (Lipinski definition) is 17. The monoisotopic (exact) mass is 1110 g/mol. The summed E-state index contributed by atoms with van der Waals surface area (Å²) in [6.45, 7) is 24.7. The van der Waals surface area contributed by atoms with E-state index in [9.17, 15) is 35.1 Å². The number of fused-ring (bicyclic) bond motifs is 4. The fraction of sp³-hybridized carbons (Fsp3) is 0.787. The number of carbonyl (C=O) groups excluding carboxylic acids is 3. The van der Waals surface area contributed by atoms with Crippen molar-refractivity contribution in [3.8, 4) is 0 Å². The number of carbonyl (C=O) groups is 3. The predicted octanol–water partition coefficient (Wildman–Crippen LogP) is 6.72. The zero-order chi connectivity index (χ0) is 57.4. The van der Waals surface area contributed by atoms with Crippen molar-refractivity contribution >= 4 is 17.7 Å². The summed E-state index contributed by atoms with van der Waals surface area (Å²) in [6.07, 6.45) is 5.22. The summed E-state index contributed by atoms with van der Waals surface area (Å²) >= 11 is 0. The van der Waals surface area contributed by atoms with Crippen molar-refractivity contribution in [2.75, 3.05) is 0 Å². The number of aliphatic hydroxyl groups is 5. The molecule has 27 atom stereocenters. The minimum absolute atomic E-state index is 0.00252. The molecule has 0 aromatic heterocycles. The van der Waals surface area contributed by atoms with E-state index >= 15 is 4.79 Å². The molecule has 79 heavy (non-hydrogen) atoms. The Balaban J connectivity index is 0.978. The molecular formula is C61H91NO17. The number of ether oxygens (including phenoxy) is 9. The summed E-state index contributed by atoms with van der Waals surface area (Å²) in [5, 5.41) is 59.5. The van der Waals surface area contributed by atoms with Crippen LogP contribution in [0.2, 0.25) is 0 Å². The smallest absolute Gasteiger partial charge is 0.346 e. The average molecular weight is 1110 g/mol. The Labute approximate surface area is 466 Å². The van der Waals surface area contributed by atoms with Gasteiger partial charge in [0.1, 0.15) is 23.5 Å². The van der Waals surface area contributed by atoms with E-state index in [2.05, 4.69) is 50.4 Å². The first-order valence-electron chi connectivity index (χ1n) is 29.4. The number of hydrogen-bond donors (Lipinski definition) is 6. The summed E-state index contributed by atoms with van der Waals surface area (Å²) in [6, 6.07) is -0.666. The topological polar surface area (TPSA) is 247 Å². The quantitative estimate of drug-likeness (QED) is 0.0755. The Bertz CT molecular complexity index is 2390. The van der Waals surface area contributed by atoms with Gasteiger partial charge < -0.3 is 73.5 Å². The van der Waals surface area contributed by atoms with Crippen LogP contribution in [0.1, 0.15) is 141 Å². The molecule has 5 aliphatic heterocycles. The van der Waals surface area contributed by atoms with Gasteiger partial charge in [0.25, 0.3) is 0 Å². The van der Waals surface area contributed by atoms with Crippen LogP contribution in [0.25, 0.3) is 0 Å². The highest BCUT2D eigenvalue weighted by molar-refractivity contribution is 6.26.